The average molecular weight is 265 g/mol. The molecule has 0 aromatic carbocycles. The van der Waals surface area contributed by atoms with Gasteiger partial charge in [-0.1, -0.05) is 71.6 Å². The fourth-order valence-corrected chi connectivity index (χ4v) is 2.58. The maximum atomic E-state index is 4.32. The van der Waals surface area contributed by atoms with Crippen LogP contribution in [0.1, 0.15) is 72.6 Å². The minimum Gasteiger partial charge on any atom is -0.371 e. The van der Waals surface area contributed by atoms with Crippen LogP contribution in [0.2, 0.25) is 0 Å². The highest BCUT2D eigenvalue weighted by Crippen LogP contribution is 2.25. The fraction of sp³-hybridized carbons (Fsp3) is 0.778. The minimum absolute atomic E-state index is 0.461. The van der Waals surface area contributed by atoms with E-state index in [1.165, 1.54) is 56.2 Å². The summed E-state index contributed by atoms with van der Waals surface area (Å²) >= 11 is 0. The number of hydrogen-bond acceptors (Lipinski definition) is 1. The zero-order valence-corrected chi connectivity index (χ0v) is 14.0. The van der Waals surface area contributed by atoms with E-state index in [2.05, 4.69) is 52.8 Å². The molecule has 0 amide bonds. The Kier molecular flexibility index (Phi) is 9.73. The SMILES string of the molecule is C=C(C)C(CCCCC)N(C)C(=C)C(C)CCCC. The first kappa shape index (κ1) is 18.3. The van der Waals surface area contributed by atoms with Gasteiger partial charge in [0.15, 0.2) is 0 Å². The van der Waals surface area contributed by atoms with Crippen LogP contribution >= 0.6 is 0 Å². The summed E-state index contributed by atoms with van der Waals surface area (Å²) in [6, 6.07) is 0.461. The standard InChI is InChI=1S/C18H35N/c1-8-10-12-14-18(15(3)4)19(7)17(6)16(5)13-11-9-2/h16,18H,3,6,8-14H2,1-2,4-5,7H3. The molecule has 0 heterocycles. The van der Waals surface area contributed by atoms with Crippen molar-refractivity contribution in [2.24, 2.45) is 5.92 Å². The lowest BCUT2D eigenvalue weighted by atomic mass is 9.96. The highest BCUT2D eigenvalue weighted by Gasteiger charge is 2.19. The number of hydrogen-bond donors (Lipinski definition) is 0. The highest BCUT2D eigenvalue weighted by atomic mass is 15.1. The van der Waals surface area contributed by atoms with Gasteiger partial charge in [0.25, 0.3) is 0 Å². The number of unbranched alkanes of at least 4 members (excludes halogenated alkanes) is 3. The Morgan fingerprint density at radius 2 is 1.58 bits per heavy atom. The summed E-state index contributed by atoms with van der Waals surface area (Å²) in [4.78, 5) is 2.37. The molecule has 1 nitrogen and oxygen atoms in total. The van der Waals surface area contributed by atoms with Crippen LogP contribution in [0.5, 0.6) is 0 Å². The molecule has 19 heavy (non-hydrogen) atoms. The Hall–Kier alpha value is -0.720. The average Bonchev–Trinajstić information content (AvgIpc) is 2.38. The van der Waals surface area contributed by atoms with Crippen molar-refractivity contribution in [3.8, 4) is 0 Å². The molecule has 112 valence electrons. The fourth-order valence-electron chi connectivity index (χ4n) is 2.58. The molecule has 0 aliphatic heterocycles. The van der Waals surface area contributed by atoms with E-state index in [0.717, 1.165) is 0 Å². The van der Waals surface area contributed by atoms with Gasteiger partial charge in [0.2, 0.25) is 0 Å². The smallest absolute Gasteiger partial charge is 0.0490 e. The molecule has 0 saturated heterocycles. The minimum atomic E-state index is 0.461. The molecule has 0 saturated carbocycles. The van der Waals surface area contributed by atoms with Crippen LogP contribution in [0.3, 0.4) is 0 Å². The first-order valence-corrected chi connectivity index (χ1v) is 8.02. The molecule has 0 aromatic heterocycles. The van der Waals surface area contributed by atoms with Crippen LogP contribution in [0.15, 0.2) is 24.4 Å². The van der Waals surface area contributed by atoms with Crippen LogP contribution in [0, 0.1) is 5.92 Å². The summed E-state index contributed by atoms with van der Waals surface area (Å²) in [7, 11) is 2.19. The van der Waals surface area contributed by atoms with Crippen molar-refractivity contribution in [2.45, 2.75) is 78.7 Å². The Morgan fingerprint density at radius 3 is 2.05 bits per heavy atom. The molecule has 0 radical (unpaired) electrons. The van der Waals surface area contributed by atoms with Crippen molar-refractivity contribution in [1.82, 2.24) is 4.90 Å². The van der Waals surface area contributed by atoms with Crippen molar-refractivity contribution in [3.05, 3.63) is 24.4 Å². The zero-order valence-electron chi connectivity index (χ0n) is 14.0. The molecular weight excluding hydrogens is 230 g/mol. The maximum Gasteiger partial charge on any atom is 0.0490 e. The third-order valence-electron chi connectivity index (χ3n) is 4.13. The van der Waals surface area contributed by atoms with Gasteiger partial charge in [-0.05, 0) is 25.7 Å². The summed E-state index contributed by atoms with van der Waals surface area (Å²) in [5, 5.41) is 0. The van der Waals surface area contributed by atoms with Crippen LogP contribution in [0.25, 0.3) is 0 Å². The normalized spacial score (nSPS) is 13.9. The molecule has 0 aliphatic rings. The van der Waals surface area contributed by atoms with Gasteiger partial charge in [-0.25, -0.2) is 0 Å². The molecule has 2 atom stereocenters. The van der Waals surface area contributed by atoms with E-state index in [4.69, 9.17) is 0 Å². The lowest BCUT2D eigenvalue weighted by Crippen LogP contribution is -2.33. The van der Waals surface area contributed by atoms with Gasteiger partial charge in [-0.2, -0.15) is 0 Å². The topological polar surface area (TPSA) is 3.24 Å². The van der Waals surface area contributed by atoms with E-state index < -0.39 is 0 Å². The summed E-state index contributed by atoms with van der Waals surface area (Å²) in [5.74, 6) is 0.581. The number of allylic oxidation sites excluding steroid dienone is 1. The summed E-state index contributed by atoms with van der Waals surface area (Å²) < 4.78 is 0. The van der Waals surface area contributed by atoms with Gasteiger partial charge in [0.05, 0.1) is 0 Å². The Bertz CT molecular complexity index is 267. The van der Waals surface area contributed by atoms with Crippen LogP contribution in [-0.2, 0) is 0 Å². The van der Waals surface area contributed by atoms with Crippen LogP contribution in [-0.4, -0.2) is 18.0 Å². The monoisotopic (exact) mass is 265 g/mol. The van der Waals surface area contributed by atoms with Crippen molar-refractivity contribution >= 4 is 0 Å². The number of rotatable bonds is 11. The molecule has 0 bridgehead atoms. The number of nitrogens with zero attached hydrogens (tertiary/aromatic N) is 1. The summed E-state index contributed by atoms with van der Waals surface area (Å²) in [6.45, 7) is 17.5. The van der Waals surface area contributed by atoms with Crippen LogP contribution in [0.4, 0.5) is 0 Å². The van der Waals surface area contributed by atoms with E-state index in [0.29, 0.717) is 12.0 Å². The predicted molar refractivity (Wildman–Crippen MR) is 88.3 cm³/mol. The third kappa shape index (κ3) is 6.84. The molecule has 0 aliphatic carbocycles. The van der Waals surface area contributed by atoms with Gasteiger partial charge in [0.1, 0.15) is 0 Å². The van der Waals surface area contributed by atoms with E-state index in [1.807, 2.05) is 0 Å². The largest absolute Gasteiger partial charge is 0.371 e. The lowest BCUT2D eigenvalue weighted by Gasteiger charge is -2.35. The molecular formula is C18H35N. The van der Waals surface area contributed by atoms with Gasteiger partial charge in [0, 0.05) is 18.8 Å². The molecule has 0 spiro atoms. The van der Waals surface area contributed by atoms with E-state index in [9.17, 15) is 0 Å². The van der Waals surface area contributed by atoms with Gasteiger partial charge < -0.3 is 4.90 Å². The number of likely N-dealkylation sites (N-methyl/N-ethyl adjacent to an activating group) is 1. The van der Waals surface area contributed by atoms with Gasteiger partial charge in [-0.15, -0.1) is 0 Å². The molecule has 0 N–H and O–H groups in total. The molecule has 0 rings (SSSR count). The first-order valence-electron chi connectivity index (χ1n) is 8.02. The molecule has 0 fully saturated rings. The van der Waals surface area contributed by atoms with E-state index in [-0.39, 0.29) is 0 Å². The predicted octanol–water partition coefficient (Wildman–Crippen LogP) is 5.78. The summed E-state index contributed by atoms with van der Waals surface area (Å²) in [5.41, 5.74) is 2.54. The second kappa shape index (κ2) is 10.1. The first-order chi connectivity index (χ1) is 8.95. The zero-order chi connectivity index (χ0) is 14.8. The second-order valence-corrected chi connectivity index (χ2v) is 6.00. The van der Waals surface area contributed by atoms with Gasteiger partial charge >= 0.3 is 0 Å². The molecule has 2 unspecified atom stereocenters. The molecule has 1 heteroatoms. The Morgan fingerprint density at radius 1 is 1.00 bits per heavy atom. The van der Waals surface area contributed by atoms with Gasteiger partial charge in [-0.3, -0.25) is 0 Å². The van der Waals surface area contributed by atoms with Crippen molar-refractivity contribution in [2.75, 3.05) is 7.05 Å². The Labute approximate surface area is 121 Å². The summed E-state index contributed by atoms with van der Waals surface area (Å²) in [6.07, 6.45) is 8.89. The van der Waals surface area contributed by atoms with Crippen molar-refractivity contribution in [1.29, 1.82) is 0 Å². The highest BCUT2D eigenvalue weighted by molar-refractivity contribution is 5.09. The van der Waals surface area contributed by atoms with Crippen LogP contribution < -0.4 is 0 Å². The third-order valence-corrected chi connectivity index (χ3v) is 4.13. The van der Waals surface area contributed by atoms with Crippen molar-refractivity contribution < 1.29 is 0 Å². The van der Waals surface area contributed by atoms with E-state index >= 15 is 0 Å². The second-order valence-electron chi connectivity index (χ2n) is 6.00. The van der Waals surface area contributed by atoms with E-state index in [1.54, 1.807) is 0 Å². The lowest BCUT2D eigenvalue weighted by molar-refractivity contribution is 0.281. The molecule has 0 aromatic rings. The quantitative estimate of drug-likeness (QED) is 0.338. The van der Waals surface area contributed by atoms with Crippen molar-refractivity contribution in [3.63, 3.8) is 0 Å². The maximum absolute atomic E-state index is 4.32. The Balaban J connectivity index is 4.47.